The van der Waals surface area contributed by atoms with Crippen LogP contribution in [0.3, 0.4) is 0 Å². The molecule has 0 spiro atoms. The van der Waals surface area contributed by atoms with Crippen molar-refractivity contribution in [2.75, 3.05) is 0 Å². The number of hydrogen-bond acceptors (Lipinski definition) is 5. The van der Waals surface area contributed by atoms with Gasteiger partial charge in [-0.1, -0.05) is 38.8 Å². The predicted octanol–water partition coefficient (Wildman–Crippen LogP) is 3.73. The van der Waals surface area contributed by atoms with Gasteiger partial charge in [0, 0.05) is 11.6 Å². The van der Waals surface area contributed by atoms with Crippen LogP contribution in [0, 0.1) is 28.6 Å². The molecule has 30 heavy (non-hydrogen) atoms. The number of hydrogen-bond donors (Lipinski definition) is 5. The van der Waals surface area contributed by atoms with Gasteiger partial charge in [-0.3, -0.25) is 11.7 Å². The van der Waals surface area contributed by atoms with Gasteiger partial charge in [-0.15, -0.1) is 0 Å². The Balaban J connectivity index is 0.00000124. The van der Waals surface area contributed by atoms with E-state index in [0.29, 0.717) is 23.3 Å². The molecule has 9 N–H and O–H groups in total. The van der Waals surface area contributed by atoms with Crippen molar-refractivity contribution in [3.63, 3.8) is 0 Å². The number of aliphatic hydroxyl groups is 1. The minimum Gasteiger partial charge on any atom is -0.393 e. The lowest BCUT2D eigenvalue weighted by Crippen LogP contribution is -2.66. The molecule has 0 bridgehead atoms. The molecule has 0 aromatic rings. The second kappa shape index (κ2) is 9.19. The first-order chi connectivity index (χ1) is 14.2. The summed E-state index contributed by atoms with van der Waals surface area (Å²) in [5, 5.41) is 9.95. The largest absolute Gasteiger partial charge is 0.393 e. The molecule has 0 heterocycles. The Labute approximate surface area is 184 Å². The molecule has 0 aromatic heterocycles. The minimum atomic E-state index is -0.110. The Morgan fingerprint density at radius 1 is 1.10 bits per heavy atom. The van der Waals surface area contributed by atoms with Crippen molar-refractivity contribution < 1.29 is 5.11 Å². The van der Waals surface area contributed by atoms with Crippen LogP contribution in [-0.2, 0) is 0 Å². The third-order valence-electron chi connectivity index (χ3n) is 10.1. The van der Waals surface area contributed by atoms with Crippen LogP contribution in [0.25, 0.3) is 0 Å². The van der Waals surface area contributed by atoms with Gasteiger partial charge < -0.3 is 16.6 Å². The topological polar surface area (TPSA) is 124 Å². The second-order valence-corrected chi connectivity index (χ2v) is 11.4. The monoisotopic (exact) mass is 420 g/mol. The van der Waals surface area contributed by atoms with E-state index in [1.165, 1.54) is 44.9 Å². The van der Waals surface area contributed by atoms with Gasteiger partial charge in [-0.25, -0.2) is 0 Å². The van der Waals surface area contributed by atoms with E-state index >= 15 is 0 Å². The van der Waals surface area contributed by atoms with Crippen LogP contribution in [-0.4, -0.2) is 22.8 Å². The molecule has 8 atom stereocenters. The van der Waals surface area contributed by atoms with Crippen LogP contribution in [0.2, 0.25) is 0 Å². The number of rotatable bonds is 5. The predicted molar refractivity (Wildman–Crippen MR) is 125 cm³/mol. The highest BCUT2D eigenvalue weighted by molar-refractivity contribution is 5.30. The van der Waals surface area contributed by atoms with Gasteiger partial charge in [0.1, 0.15) is 0 Å². The normalized spacial score (nSPS) is 45.9. The zero-order chi connectivity index (χ0) is 22.2. The molecule has 4 aliphatic carbocycles. The van der Waals surface area contributed by atoms with Crippen molar-refractivity contribution in [2.24, 2.45) is 51.7 Å². The van der Waals surface area contributed by atoms with Crippen molar-refractivity contribution in [3.05, 3.63) is 11.6 Å². The summed E-state index contributed by atoms with van der Waals surface area (Å²) in [6.45, 7) is 7.16. The maximum Gasteiger partial charge on any atom is 0.0537 e. The maximum absolute atomic E-state index is 9.95. The Bertz CT molecular complexity index is 624. The van der Waals surface area contributed by atoms with E-state index in [0.717, 1.165) is 38.0 Å². The highest BCUT2D eigenvalue weighted by atomic mass is 16.3. The molecule has 0 aromatic carbocycles. The van der Waals surface area contributed by atoms with E-state index in [1.807, 2.05) is 0 Å². The molecule has 5 heteroatoms. The number of hydrazine groups is 1. The maximum atomic E-state index is 9.95. The number of fused-ring (bicyclic) bond motifs is 5. The summed E-state index contributed by atoms with van der Waals surface area (Å²) in [5.74, 6) is 10.1. The molecule has 0 radical (unpaired) electrons. The van der Waals surface area contributed by atoms with Crippen LogP contribution in [0.1, 0.15) is 97.8 Å². The summed E-state index contributed by atoms with van der Waals surface area (Å²) in [7, 11) is 0. The Morgan fingerprint density at radius 2 is 1.83 bits per heavy atom. The molecule has 4 rings (SSSR count). The SMILES string of the molecule is CCC(O)CCCC1CCC2C1(C)CCC1C3(C)CCC(N)CC3=CCC12N.NN. The zero-order valence-electron chi connectivity index (χ0n) is 19.7. The van der Waals surface area contributed by atoms with Crippen molar-refractivity contribution in [1.29, 1.82) is 0 Å². The summed E-state index contributed by atoms with van der Waals surface area (Å²) in [5.41, 5.74) is 16.0. The van der Waals surface area contributed by atoms with Gasteiger partial charge in [-0.2, -0.15) is 0 Å². The molecule has 5 nitrogen and oxygen atoms in total. The third kappa shape index (κ3) is 3.90. The summed E-state index contributed by atoms with van der Waals surface area (Å²) in [6, 6.07) is 0.354. The fraction of sp³-hybridized carbons (Fsp3) is 0.920. The van der Waals surface area contributed by atoms with Crippen LogP contribution in [0.5, 0.6) is 0 Å². The van der Waals surface area contributed by atoms with Crippen molar-refractivity contribution in [2.45, 2.75) is 116 Å². The van der Waals surface area contributed by atoms with E-state index in [9.17, 15) is 5.11 Å². The molecule has 0 saturated heterocycles. The lowest BCUT2D eigenvalue weighted by Gasteiger charge is -2.63. The van der Waals surface area contributed by atoms with E-state index in [-0.39, 0.29) is 17.1 Å². The molecule has 3 fully saturated rings. The quantitative estimate of drug-likeness (QED) is 0.263. The second-order valence-electron chi connectivity index (χ2n) is 11.4. The van der Waals surface area contributed by atoms with Crippen LogP contribution in [0.4, 0.5) is 0 Å². The van der Waals surface area contributed by atoms with Crippen LogP contribution in [0.15, 0.2) is 11.6 Å². The molecule has 0 aliphatic heterocycles. The van der Waals surface area contributed by atoms with Crippen LogP contribution < -0.4 is 23.2 Å². The standard InChI is InChI=1S/C25H44N2O.H4N2/c1-4-20(28)7-5-6-17-8-9-21-23(17,2)14-12-22-24(3)13-11-19(26)16-18(24)10-15-25(21,22)27;1-2/h10,17,19-22,28H,4-9,11-16,26-27H2,1-3H3;1-2H2. The fourth-order valence-electron chi connectivity index (χ4n) is 8.29. The van der Waals surface area contributed by atoms with Gasteiger partial charge in [-0.05, 0) is 99.2 Å². The number of nitrogens with two attached hydrogens (primary N) is 4. The first kappa shape index (κ1) is 24.2. The Kier molecular flexibility index (Phi) is 7.41. The third-order valence-corrected chi connectivity index (χ3v) is 10.1. The summed E-state index contributed by atoms with van der Waals surface area (Å²) in [6.07, 6.45) is 16.5. The number of aliphatic hydroxyl groups excluding tert-OH is 1. The Hall–Kier alpha value is -0.460. The molecule has 8 unspecified atom stereocenters. The zero-order valence-corrected chi connectivity index (χ0v) is 19.7. The van der Waals surface area contributed by atoms with Crippen molar-refractivity contribution in [1.82, 2.24) is 0 Å². The highest BCUT2D eigenvalue weighted by Gasteiger charge is 2.63. The molecule has 0 amide bonds. The van der Waals surface area contributed by atoms with E-state index in [1.54, 1.807) is 5.57 Å². The lowest BCUT2D eigenvalue weighted by atomic mass is 9.44. The summed E-state index contributed by atoms with van der Waals surface area (Å²) < 4.78 is 0. The van der Waals surface area contributed by atoms with Crippen molar-refractivity contribution >= 4 is 0 Å². The van der Waals surface area contributed by atoms with E-state index < -0.39 is 0 Å². The summed E-state index contributed by atoms with van der Waals surface area (Å²) >= 11 is 0. The average Bonchev–Trinajstić information content (AvgIpc) is 3.07. The minimum absolute atomic E-state index is 0.0234. The van der Waals surface area contributed by atoms with Gasteiger partial charge >= 0.3 is 0 Å². The highest BCUT2D eigenvalue weighted by Crippen LogP contribution is 2.67. The van der Waals surface area contributed by atoms with Gasteiger partial charge in [0.2, 0.25) is 0 Å². The first-order valence-corrected chi connectivity index (χ1v) is 12.5. The summed E-state index contributed by atoms with van der Waals surface area (Å²) in [4.78, 5) is 0. The fourth-order valence-corrected chi connectivity index (χ4v) is 8.29. The van der Waals surface area contributed by atoms with Crippen LogP contribution >= 0.6 is 0 Å². The molecule has 174 valence electrons. The smallest absolute Gasteiger partial charge is 0.0537 e. The van der Waals surface area contributed by atoms with Crippen molar-refractivity contribution in [3.8, 4) is 0 Å². The van der Waals surface area contributed by atoms with Gasteiger partial charge in [0.25, 0.3) is 0 Å². The molecular weight excluding hydrogens is 372 g/mol. The lowest BCUT2D eigenvalue weighted by molar-refractivity contribution is -0.0623. The molecular formula is C25H48N4O. The van der Waals surface area contributed by atoms with Gasteiger partial charge in [0.15, 0.2) is 0 Å². The first-order valence-electron chi connectivity index (χ1n) is 12.5. The Morgan fingerprint density at radius 3 is 2.53 bits per heavy atom. The average molecular weight is 421 g/mol. The molecule has 3 saturated carbocycles. The van der Waals surface area contributed by atoms with Gasteiger partial charge in [0.05, 0.1) is 6.10 Å². The molecule has 4 aliphatic rings. The van der Waals surface area contributed by atoms with E-state index in [4.69, 9.17) is 11.5 Å². The van der Waals surface area contributed by atoms with E-state index in [2.05, 4.69) is 38.5 Å².